The van der Waals surface area contributed by atoms with Gasteiger partial charge in [0, 0.05) is 26.3 Å². The summed E-state index contributed by atoms with van der Waals surface area (Å²) in [6.07, 6.45) is 1.20. The van der Waals surface area contributed by atoms with E-state index >= 15 is 0 Å². The maximum absolute atomic E-state index is 5.28. The van der Waals surface area contributed by atoms with E-state index in [1.165, 1.54) is 6.42 Å². The van der Waals surface area contributed by atoms with Crippen molar-refractivity contribution < 1.29 is 9.47 Å². The average Bonchev–Trinajstić information content (AvgIpc) is 2.53. The minimum absolute atomic E-state index is 0.454. The van der Waals surface area contributed by atoms with Crippen LogP contribution in [0.1, 0.15) is 13.3 Å². The van der Waals surface area contributed by atoms with Gasteiger partial charge in [-0.05, 0) is 19.3 Å². The zero-order chi connectivity index (χ0) is 8.81. The predicted molar refractivity (Wildman–Crippen MR) is 48.3 cm³/mol. The molecule has 0 aromatic heterocycles. The highest BCUT2D eigenvalue weighted by Gasteiger charge is 2.15. The number of rotatable bonds is 5. The van der Waals surface area contributed by atoms with E-state index in [-0.39, 0.29) is 0 Å². The van der Waals surface area contributed by atoms with E-state index in [0.29, 0.717) is 12.0 Å². The number of ether oxygens (including phenoxy) is 2. The first-order valence-electron chi connectivity index (χ1n) is 4.63. The van der Waals surface area contributed by atoms with Crippen molar-refractivity contribution in [2.24, 2.45) is 5.92 Å². The summed E-state index contributed by atoms with van der Waals surface area (Å²) in [4.78, 5) is 0. The van der Waals surface area contributed by atoms with Gasteiger partial charge in [0.05, 0.1) is 13.2 Å². The average molecular weight is 173 g/mol. The normalized spacial score (nSPS) is 26.0. The first-order valence-corrected chi connectivity index (χ1v) is 4.63. The molecule has 1 fully saturated rings. The molecule has 1 heterocycles. The highest BCUT2D eigenvalue weighted by atomic mass is 16.5. The van der Waals surface area contributed by atoms with Crippen molar-refractivity contribution in [3.8, 4) is 0 Å². The fourth-order valence-corrected chi connectivity index (χ4v) is 1.42. The van der Waals surface area contributed by atoms with Crippen LogP contribution in [0.4, 0.5) is 0 Å². The van der Waals surface area contributed by atoms with Gasteiger partial charge in [-0.15, -0.1) is 0 Å². The Morgan fingerprint density at radius 2 is 2.50 bits per heavy atom. The highest BCUT2D eigenvalue weighted by Crippen LogP contribution is 2.10. The Bertz CT molecular complexity index is 113. The van der Waals surface area contributed by atoms with Crippen molar-refractivity contribution in [3.05, 3.63) is 0 Å². The zero-order valence-electron chi connectivity index (χ0n) is 8.01. The van der Waals surface area contributed by atoms with Crippen molar-refractivity contribution in [2.75, 3.05) is 33.5 Å². The van der Waals surface area contributed by atoms with Crippen LogP contribution in [0, 0.1) is 5.92 Å². The lowest BCUT2D eigenvalue weighted by molar-refractivity contribution is 0.164. The molecule has 1 aliphatic heterocycles. The maximum atomic E-state index is 5.28. The van der Waals surface area contributed by atoms with Crippen molar-refractivity contribution in [3.63, 3.8) is 0 Å². The van der Waals surface area contributed by atoms with Gasteiger partial charge < -0.3 is 14.8 Å². The molecule has 1 N–H and O–H groups in total. The smallest absolute Gasteiger partial charge is 0.0613 e. The Balaban J connectivity index is 1.99. The van der Waals surface area contributed by atoms with Crippen LogP contribution in [0.3, 0.4) is 0 Å². The Labute approximate surface area is 74.4 Å². The number of hydrogen-bond donors (Lipinski definition) is 1. The molecule has 0 bridgehead atoms. The van der Waals surface area contributed by atoms with Crippen LogP contribution in [-0.4, -0.2) is 39.5 Å². The Morgan fingerprint density at radius 1 is 1.67 bits per heavy atom. The fraction of sp³-hybridized carbons (Fsp3) is 1.00. The molecule has 3 heteroatoms. The van der Waals surface area contributed by atoms with Gasteiger partial charge in [-0.1, -0.05) is 0 Å². The molecule has 3 nitrogen and oxygen atoms in total. The second-order valence-corrected chi connectivity index (χ2v) is 3.49. The minimum Gasteiger partial charge on any atom is -0.383 e. The van der Waals surface area contributed by atoms with Crippen LogP contribution in [0.5, 0.6) is 0 Å². The van der Waals surface area contributed by atoms with Gasteiger partial charge in [-0.3, -0.25) is 0 Å². The Hall–Kier alpha value is -0.120. The molecule has 0 amide bonds. The molecule has 1 aliphatic rings. The zero-order valence-corrected chi connectivity index (χ0v) is 8.01. The summed E-state index contributed by atoms with van der Waals surface area (Å²) in [6.45, 7) is 5.84. The lowest BCUT2D eigenvalue weighted by Gasteiger charge is -2.15. The van der Waals surface area contributed by atoms with E-state index in [0.717, 1.165) is 26.4 Å². The van der Waals surface area contributed by atoms with Crippen LogP contribution in [0.15, 0.2) is 0 Å². The van der Waals surface area contributed by atoms with E-state index in [2.05, 4.69) is 12.2 Å². The predicted octanol–water partition coefficient (Wildman–Crippen LogP) is 0.647. The number of nitrogens with one attached hydrogen (secondary N) is 1. The monoisotopic (exact) mass is 173 g/mol. The SMILES string of the molecule is COCC(C)NCC1CCOC1. The van der Waals surface area contributed by atoms with Gasteiger partial charge in [-0.25, -0.2) is 0 Å². The van der Waals surface area contributed by atoms with Crippen LogP contribution in [0.25, 0.3) is 0 Å². The summed E-state index contributed by atoms with van der Waals surface area (Å²) >= 11 is 0. The molecule has 0 aromatic rings. The van der Waals surface area contributed by atoms with Gasteiger partial charge in [-0.2, -0.15) is 0 Å². The minimum atomic E-state index is 0.454. The molecule has 2 atom stereocenters. The molecular formula is C9H19NO2. The molecule has 0 aliphatic carbocycles. The molecule has 12 heavy (non-hydrogen) atoms. The first-order chi connectivity index (χ1) is 5.83. The van der Waals surface area contributed by atoms with Gasteiger partial charge >= 0.3 is 0 Å². The van der Waals surface area contributed by atoms with Crippen molar-refractivity contribution in [1.29, 1.82) is 0 Å². The third-order valence-corrected chi connectivity index (χ3v) is 2.20. The largest absolute Gasteiger partial charge is 0.383 e. The lowest BCUT2D eigenvalue weighted by Crippen LogP contribution is -2.34. The van der Waals surface area contributed by atoms with Crippen LogP contribution < -0.4 is 5.32 Å². The van der Waals surface area contributed by atoms with Crippen molar-refractivity contribution in [1.82, 2.24) is 5.32 Å². The van der Waals surface area contributed by atoms with Gasteiger partial charge in [0.1, 0.15) is 0 Å². The summed E-state index contributed by atoms with van der Waals surface area (Å²) in [5.41, 5.74) is 0. The van der Waals surface area contributed by atoms with Crippen LogP contribution in [0.2, 0.25) is 0 Å². The van der Waals surface area contributed by atoms with Gasteiger partial charge in [0.25, 0.3) is 0 Å². The molecule has 0 aromatic carbocycles. The molecular weight excluding hydrogens is 154 g/mol. The van der Waals surface area contributed by atoms with E-state index < -0.39 is 0 Å². The summed E-state index contributed by atoms with van der Waals surface area (Å²) in [5.74, 6) is 0.712. The molecule has 0 saturated carbocycles. The van der Waals surface area contributed by atoms with Crippen molar-refractivity contribution >= 4 is 0 Å². The molecule has 72 valence electrons. The second kappa shape index (κ2) is 5.51. The summed E-state index contributed by atoms with van der Waals surface area (Å²) in [7, 11) is 1.73. The van der Waals surface area contributed by atoms with Crippen LogP contribution >= 0.6 is 0 Å². The second-order valence-electron chi connectivity index (χ2n) is 3.49. The molecule has 1 rings (SSSR count). The van der Waals surface area contributed by atoms with Gasteiger partial charge in [0.15, 0.2) is 0 Å². The summed E-state index contributed by atoms with van der Waals surface area (Å²) in [6, 6.07) is 0.454. The Kier molecular flexibility index (Phi) is 4.58. The standard InChI is InChI=1S/C9H19NO2/c1-8(6-11-2)10-5-9-3-4-12-7-9/h8-10H,3-7H2,1-2H3. The number of methoxy groups -OCH3 is 1. The molecule has 0 radical (unpaired) electrons. The molecule has 0 spiro atoms. The highest BCUT2D eigenvalue weighted by molar-refractivity contribution is 4.69. The molecule has 2 unspecified atom stereocenters. The van der Waals surface area contributed by atoms with E-state index in [9.17, 15) is 0 Å². The third kappa shape index (κ3) is 3.52. The van der Waals surface area contributed by atoms with Gasteiger partial charge in [0.2, 0.25) is 0 Å². The number of hydrogen-bond acceptors (Lipinski definition) is 3. The van der Waals surface area contributed by atoms with Crippen molar-refractivity contribution in [2.45, 2.75) is 19.4 Å². The quantitative estimate of drug-likeness (QED) is 0.662. The molecule has 1 saturated heterocycles. The van der Waals surface area contributed by atoms with E-state index in [4.69, 9.17) is 9.47 Å². The summed E-state index contributed by atoms with van der Waals surface area (Å²) < 4.78 is 10.3. The lowest BCUT2D eigenvalue weighted by atomic mass is 10.1. The van der Waals surface area contributed by atoms with E-state index in [1.54, 1.807) is 7.11 Å². The third-order valence-electron chi connectivity index (χ3n) is 2.20. The first kappa shape index (κ1) is 9.96. The van der Waals surface area contributed by atoms with Crippen LogP contribution in [-0.2, 0) is 9.47 Å². The van der Waals surface area contributed by atoms with E-state index in [1.807, 2.05) is 0 Å². The maximum Gasteiger partial charge on any atom is 0.0613 e. The fourth-order valence-electron chi connectivity index (χ4n) is 1.42. The Morgan fingerprint density at radius 3 is 3.08 bits per heavy atom. The topological polar surface area (TPSA) is 30.5 Å². The summed E-state index contributed by atoms with van der Waals surface area (Å²) in [5, 5.41) is 3.42.